The number of hydrogen-bond acceptors (Lipinski definition) is 7. The van der Waals surface area contributed by atoms with Crippen LogP contribution in [-0.2, 0) is 19.1 Å². The molecule has 4 N–H and O–H groups in total. The van der Waals surface area contributed by atoms with Gasteiger partial charge in [-0.3, -0.25) is 14.4 Å². The van der Waals surface area contributed by atoms with Crippen LogP contribution in [0.3, 0.4) is 0 Å². The number of anilines is 1. The van der Waals surface area contributed by atoms with Gasteiger partial charge in [0.1, 0.15) is 16.8 Å². The molecule has 0 spiro atoms. The van der Waals surface area contributed by atoms with Crippen molar-refractivity contribution < 1.29 is 28.7 Å². The van der Waals surface area contributed by atoms with Crippen molar-refractivity contribution in [2.75, 3.05) is 19.0 Å². The highest BCUT2D eigenvalue weighted by atomic mass is 32.1. The van der Waals surface area contributed by atoms with Gasteiger partial charge < -0.3 is 25.8 Å². The molecular formula is C20H21N3O6S. The highest BCUT2D eigenvalue weighted by Gasteiger charge is 2.18. The molecule has 0 fully saturated rings. The molecule has 0 aliphatic carbocycles. The normalized spacial score (nSPS) is 11.5. The van der Waals surface area contributed by atoms with Crippen LogP contribution in [0.25, 0.3) is 6.08 Å². The fraction of sp³-hybridized carbons (Fsp3) is 0.200. The van der Waals surface area contributed by atoms with Crippen LogP contribution >= 0.6 is 11.3 Å². The summed E-state index contributed by atoms with van der Waals surface area (Å²) >= 11 is 1.12. The van der Waals surface area contributed by atoms with E-state index in [-0.39, 0.29) is 10.6 Å². The Kier molecular flexibility index (Phi) is 8.12. The van der Waals surface area contributed by atoms with Crippen LogP contribution in [0, 0.1) is 0 Å². The number of amides is 3. The van der Waals surface area contributed by atoms with E-state index in [1.165, 1.54) is 19.1 Å². The van der Waals surface area contributed by atoms with Crippen molar-refractivity contribution >= 4 is 46.1 Å². The van der Waals surface area contributed by atoms with Crippen molar-refractivity contribution in [1.82, 2.24) is 5.32 Å². The third-order valence-electron chi connectivity index (χ3n) is 3.78. The molecule has 1 aromatic heterocycles. The van der Waals surface area contributed by atoms with E-state index in [2.05, 4.69) is 10.6 Å². The monoisotopic (exact) mass is 431 g/mol. The molecule has 1 heterocycles. The number of nitrogens with one attached hydrogen (secondary N) is 2. The van der Waals surface area contributed by atoms with Crippen molar-refractivity contribution in [2.24, 2.45) is 5.73 Å². The fourth-order valence-corrected chi connectivity index (χ4v) is 3.04. The van der Waals surface area contributed by atoms with Crippen molar-refractivity contribution in [3.05, 3.63) is 52.9 Å². The number of benzene rings is 1. The van der Waals surface area contributed by atoms with Crippen LogP contribution < -0.4 is 21.1 Å². The van der Waals surface area contributed by atoms with Crippen LogP contribution in [0.4, 0.5) is 5.00 Å². The Morgan fingerprint density at radius 2 is 1.87 bits per heavy atom. The Morgan fingerprint density at radius 3 is 2.50 bits per heavy atom. The van der Waals surface area contributed by atoms with Gasteiger partial charge >= 0.3 is 5.97 Å². The van der Waals surface area contributed by atoms with Gasteiger partial charge in [-0.1, -0.05) is 12.1 Å². The molecule has 30 heavy (non-hydrogen) atoms. The molecule has 2 aromatic rings. The first-order valence-electron chi connectivity index (χ1n) is 8.76. The number of nitrogens with two attached hydrogens (primary N) is 1. The third kappa shape index (κ3) is 6.74. The van der Waals surface area contributed by atoms with Crippen LogP contribution in [0.2, 0.25) is 0 Å². The van der Waals surface area contributed by atoms with Gasteiger partial charge in [0.2, 0.25) is 5.91 Å². The number of carbonyl (C=O) groups excluding carboxylic acids is 4. The molecule has 0 saturated heterocycles. The number of rotatable bonds is 9. The molecule has 0 saturated carbocycles. The van der Waals surface area contributed by atoms with Crippen LogP contribution in [0.1, 0.15) is 22.8 Å². The Balaban J connectivity index is 1.78. The summed E-state index contributed by atoms with van der Waals surface area (Å²) in [4.78, 5) is 47.1. The number of ether oxygens (including phenoxy) is 2. The number of methoxy groups -OCH3 is 1. The quantitative estimate of drug-likeness (QED) is 0.407. The van der Waals surface area contributed by atoms with Gasteiger partial charge in [-0.15, -0.1) is 11.3 Å². The topological polar surface area (TPSA) is 137 Å². The lowest BCUT2D eigenvalue weighted by Crippen LogP contribution is -2.39. The first-order chi connectivity index (χ1) is 14.3. The number of carbonyl (C=O) groups is 4. The highest BCUT2D eigenvalue weighted by molar-refractivity contribution is 7.14. The van der Waals surface area contributed by atoms with E-state index in [9.17, 15) is 19.2 Å². The maximum atomic E-state index is 12.0. The lowest BCUT2D eigenvalue weighted by atomic mass is 10.2. The average molecular weight is 431 g/mol. The van der Waals surface area contributed by atoms with Crippen molar-refractivity contribution in [1.29, 1.82) is 0 Å². The third-order valence-corrected chi connectivity index (χ3v) is 4.61. The molecule has 2 rings (SSSR count). The summed E-state index contributed by atoms with van der Waals surface area (Å²) in [5, 5.41) is 6.77. The summed E-state index contributed by atoms with van der Waals surface area (Å²) in [5.41, 5.74) is 6.15. The van der Waals surface area contributed by atoms with Gasteiger partial charge in [0, 0.05) is 6.08 Å². The van der Waals surface area contributed by atoms with Crippen LogP contribution in [0.15, 0.2) is 41.8 Å². The van der Waals surface area contributed by atoms with Gasteiger partial charge in [0.25, 0.3) is 11.8 Å². The summed E-state index contributed by atoms with van der Waals surface area (Å²) in [5.74, 6) is -1.89. The second-order valence-corrected chi connectivity index (χ2v) is 6.94. The van der Waals surface area contributed by atoms with Gasteiger partial charge in [-0.05, 0) is 42.1 Å². The van der Waals surface area contributed by atoms with Gasteiger partial charge in [-0.25, -0.2) is 4.79 Å². The molecule has 158 valence electrons. The molecule has 0 bridgehead atoms. The van der Waals surface area contributed by atoms with E-state index in [0.717, 1.165) is 16.9 Å². The Morgan fingerprint density at radius 1 is 1.17 bits per heavy atom. The second kappa shape index (κ2) is 10.8. The van der Waals surface area contributed by atoms with E-state index < -0.39 is 36.3 Å². The van der Waals surface area contributed by atoms with E-state index >= 15 is 0 Å². The molecule has 10 heteroatoms. The molecule has 0 aliphatic rings. The summed E-state index contributed by atoms with van der Waals surface area (Å²) in [6.45, 7) is 0.862. The molecule has 1 atom stereocenters. The molecule has 9 nitrogen and oxygen atoms in total. The zero-order valence-corrected chi connectivity index (χ0v) is 17.2. The maximum Gasteiger partial charge on any atom is 0.328 e. The Bertz CT molecular complexity index is 952. The molecule has 0 aliphatic heterocycles. The van der Waals surface area contributed by atoms with Gasteiger partial charge in [0.15, 0.2) is 6.61 Å². The van der Waals surface area contributed by atoms with Crippen molar-refractivity contribution in [3.8, 4) is 5.75 Å². The Labute approximate surface area is 176 Å². The number of primary amides is 1. The van der Waals surface area contributed by atoms with Gasteiger partial charge in [0.05, 0.1) is 12.7 Å². The first-order valence-corrected chi connectivity index (χ1v) is 9.64. The second-order valence-electron chi connectivity index (χ2n) is 6.02. The van der Waals surface area contributed by atoms with E-state index in [1.807, 2.05) is 0 Å². The summed E-state index contributed by atoms with van der Waals surface area (Å²) in [6.07, 6.45) is 2.86. The molecule has 0 radical (unpaired) electrons. The predicted molar refractivity (Wildman–Crippen MR) is 112 cm³/mol. The average Bonchev–Trinajstić information content (AvgIpc) is 3.19. The largest absolute Gasteiger partial charge is 0.497 e. The first kappa shape index (κ1) is 22.6. The number of hydrogen-bond donors (Lipinski definition) is 3. The molecule has 1 aromatic carbocycles. The lowest BCUT2D eigenvalue weighted by molar-refractivity contribution is -0.149. The smallest absolute Gasteiger partial charge is 0.328 e. The summed E-state index contributed by atoms with van der Waals surface area (Å²) < 4.78 is 9.94. The van der Waals surface area contributed by atoms with E-state index in [0.29, 0.717) is 5.75 Å². The fourth-order valence-electron chi connectivity index (χ4n) is 2.23. The highest BCUT2D eigenvalue weighted by Crippen LogP contribution is 2.22. The number of thiophene rings is 1. The molecular weight excluding hydrogens is 410 g/mol. The zero-order valence-electron chi connectivity index (χ0n) is 16.3. The standard InChI is InChI=1S/C20H21N3O6S/c1-12(22-16(24)8-5-13-3-6-14(28-2)7-4-13)20(27)29-11-17(25)23-19-15(18(21)26)9-10-30-19/h3-10,12H,11H2,1-2H3,(H2,21,26)(H,22,24)(H,23,25)/b8-5+. The van der Waals surface area contributed by atoms with Gasteiger partial charge in [-0.2, -0.15) is 0 Å². The predicted octanol–water partition coefficient (Wildman–Crippen LogP) is 1.56. The van der Waals surface area contributed by atoms with Crippen molar-refractivity contribution in [2.45, 2.75) is 13.0 Å². The zero-order chi connectivity index (χ0) is 22.1. The minimum absolute atomic E-state index is 0.170. The van der Waals surface area contributed by atoms with Crippen molar-refractivity contribution in [3.63, 3.8) is 0 Å². The summed E-state index contributed by atoms with van der Waals surface area (Å²) in [6, 6.07) is 7.57. The lowest BCUT2D eigenvalue weighted by Gasteiger charge is -2.12. The minimum Gasteiger partial charge on any atom is -0.497 e. The van der Waals surface area contributed by atoms with Crippen LogP contribution in [0.5, 0.6) is 5.75 Å². The maximum absolute atomic E-state index is 12.0. The molecule has 3 amide bonds. The van der Waals surface area contributed by atoms with E-state index in [4.69, 9.17) is 15.2 Å². The number of esters is 1. The molecule has 1 unspecified atom stereocenters. The minimum atomic E-state index is -0.964. The van der Waals surface area contributed by atoms with Crippen LogP contribution in [-0.4, -0.2) is 43.4 Å². The SMILES string of the molecule is COc1ccc(/C=C/C(=O)NC(C)C(=O)OCC(=O)Nc2sccc2C(N)=O)cc1. The Hall–Kier alpha value is -3.66. The summed E-state index contributed by atoms with van der Waals surface area (Å²) in [7, 11) is 1.56. The van der Waals surface area contributed by atoms with E-state index in [1.54, 1.807) is 42.8 Å².